The monoisotopic (exact) mass is 391 g/mol. The molecule has 2 aromatic heterocycles. The van der Waals surface area contributed by atoms with Gasteiger partial charge in [0, 0.05) is 56.2 Å². The SMILES string of the molecule is C[C@@H]1CN(Cc2ccccc2CNCc2cn[nH]c2-c2cccnc2)C[C@H](C)O1. The predicted molar refractivity (Wildman–Crippen MR) is 114 cm³/mol. The molecule has 3 aromatic rings. The highest BCUT2D eigenvalue weighted by atomic mass is 16.5. The van der Waals surface area contributed by atoms with Crippen LogP contribution >= 0.6 is 0 Å². The predicted octanol–water partition coefficient (Wildman–Crippen LogP) is 3.37. The highest BCUT2D eigenvalue weighted by molar-refractivity contribution is 5.61. The van der Waals surface area contributed by atoms with Crippen LogP contribution in [-0.4, -0.2) is 45.4 Å². The second kappa shape index (κ2) is 9.31. The smallest absolute Gasteiger partial charge is 0.0710 e. The van der Waals surface area contributed by atoms with Gasteiger partial charge in [0.25, 0.3) is 0 Å². The Kier molecular flexibility index (Phi) is 6.34. The summed E-state index contributed by atoms with van der Waals surface area (Å²) in [5.74, 6) is 0. The van der Waals surface area contributed by atoms with Gasteiger partial charge in [-0.3, -0.25) is 15.0 Å². The van der Waals surface area contributed by atoms with Crippen LogP contribution in [0.4, 0.5) is 0 Å². The van der Waals surface area contributed by atoms with Gasteiger partial charge in [0.2, 0.25) is 0 Å². The Hall–Kier alpha value is -2.54. The lowest BCUT2D eigenvalue weighted by molar-refractivity contribution is -0.0705. The van der Waals surface area contributed by atoms with Gasteiger partial charge < -0.3 is 10.1 Å². The number of nitrogens with zero attached hydrogens (tertiary/aromatic N) is 3. The fourth-order valence-electron chi connectivity index (χ4n) is 4.08. The zero-order valence-electron chi connectivity index (χ0n) is 17.1. The van der Waals surface area contributed by atoms with Crippen molar-refractivity contribution in [1.29, 1.82) is 0 Å². The average molecular weight is 392 g/mol. The Morgan fingerprint density at radius 1 is 1.00 bits per heavy atom. The van der Waals surface area contributed by atoms with Crippen molar-refractivity contribution in [3.63, 3.8) is 0 Å². The lowest BCUT2D eigenvalue weighted by atomic mass is 10.1. The molecule has 152 valence electrons. The summed E-state index contributed by atoms with van der Waals surface area (Å²) in [7, 11) is 0. The summed E-state index contributed by atoms with van der Waals surface area (Å²) in [4.78, 5) is 6.70. The second-order valence-corrected chi connectivity index (χ2v) is 7.84. The molecule has 1 aromatic carbocycles. The van der Waals surface area contributed by atoms with E-state index < -0.39 is 0 Å². The quantitative estimate of drug-likeness (QED) is 0.646. The molecule has 4 rings (SSSR count). The molecule has 2 atom stereocenters. The summed E-state index contributed by atoms with van der Waals surface area (Å²) in [6, 6.07) is 12.7. The van der Waals surface area contributed by atoms with Crippen LogP contribution in [0.25, 0.3) is 11.3 Å². The lowest BCUT2D eigenvalue weighted by Gasteiger charge is -2.35. The van der Waals surface area contributed by atoms with Gasteiger partial charge in [0.15, 0.2) is 0 Å². The molecule has 1 saturated heterocycles. The zero-order valence-corrected chi connectivity index (χ0v) is 17.1. The van der Waals surface area contributed by atoms with E-state index in [1.807, 2.05) is 24.5 Å². The van der Waals surface area contributed by atoms with Crippen molar-refractivity contribution < 1.29 is 4.74 Å². The van der Waals surface area contributed by atoms with Gasteiger partial charge in [-0.15, -0.1) is 0 Å². The molecule has 0 saturated carbocycles. The van der Waals surface area contributed by atoms with E-state index in [2.05, 4.69) is 63.5 Å². The minimum Gasteiger partial charge on any atom is -0.373 e. The van der Waals surface area contributed by atoms with Gasteiger partial charge in [0.1, 0.15) is 0 Å². The number of ether oxygens (including phenoxy) is 1. The molecule has 0 radical (unpaired) electrons. The van der Waals surface area contributed by atoms with Crippen molar-refractivity contribution in [3.05, 3.63) is 71.7 Å². The van der Waals surface area contributed by atoms with Crippen LogP contribution in [0.1, 0.15) is 30.5 Å². The van der Waals surface area contributed by atoms with E-state index in [0.717, 1.165) is 49.5 Å². The molecule has 1 fully saturated rings. The third kappa shape index (κ3) is 5.09. The minimum atomic E-state index is 0.288. The van der Waals surface area contributed by atoms with Gasteiger partial charge in [0.05, 0.1) is 24.1 Å². The average Bonchev–Trinajstić information content (AvgIpc) is 3.18. The number of nitrogens with one attached hydrogen (secondary N) is 2. The van der Waals surface area contributed by atoms with E-state index >= 15 is 0 Å². The Morgan fingerprint density at radius 2 is 1.76 bits per heavy atom. The summed E-state index contributed by atoms with van der Waals surface area (Å²) in [6.07, 6.45) is 6.10. The summed E-state index contributed by atoms with van der Waals surface area (Å²) < 4.78 is 5.87. The molecule has 0 unspecified atom stereocenters. The molecule has 1 aliphatic rings. The molecule has 3 heterocycles. The highest BCUT2D eigenvalue weighted by Gasteiger charge is 2.22. The maximum absolute atomic E-state index is 5.87. The molecular formula is C23H29N5O. The summed E-state index contributed by atoms with van der Waals surface area (Å²) in [6.45, 7) is 8.80. The molecule has 0 aliphatic carbocycles. The first-order chi connectivity index (χ1) is 14.2. The molecule has 2 N–H and O–H groups in total. The van der Waals surface area contributed by atoms with E-state index in [1.165, 1.54) is 11.1 Å². The summed E-state index contributed by atoms with van der Waals surface area (Å²) in [5, 5.41) is 10.9. The van der Waals surface area contributed by atoms with Gasteiger partial charge in [-0.1, -0.05) is 24.3 Å². The number of hydrogen-bond acceptors (Lipinski definition) is 5. The molecule has 0 bridgehead atoms. The van der Waals surface area contributed by atoms with Crippen LogP contribution in [0.5, 0.6) is 0 Å². The van der Waals surface area contributed by atoms with E-state index in [9.17, 15) is 0 Å². The van der Waals surface area contributed by atoms with Crippen molar-refractivity contribution in [2.45, 2.75) is 45.7 Å². The number of hydrogen-bond donors (Lipinski definition) is 2. The number of benzene rings is 1. The topological polar surface area (TPSA) is 66.1 Å². The summed E-state index contributed by atoms with van der Waals surface area (Å²) >= 11 is 0. The first-order valence-corrected chi connectivity index (χ1v) is 10.3. The van der Waals surface area contributed by atoms with Crippen molar-refractivity contribution in [2.24, 2.45) is 0 Å². The number of morpholine rings is 1. The number of rotatable bonds is 7. The number of aromatic nitrogens is 3. The third-order valence-corrected chi connectivity index (χ3v) is 5.31. The van der Waals surface area contributed by atoms with Crippen molar-refractivity contribution >= 4 is 0 Å². The molecule has 6 nitrogen and oxygen atoms in total. The lowest BCUT2D eigenvalue weighted by Crippen LogP contribution is -2.45. The largest absolute Gasteiger partial charge is 0.373 e. The Bertz CT molecular complexity index is 900. The number of H-pyrrole nitrogens is 1. The molecule has 6 heteroatoms. The third-order valence-electron chi connectivity index (χ3n) is 5.31. The maximum Gasteiger partial charge on any atom is 0.0710 e. The van der Waals surface area contributed by atoms with Crippen LogP contribution in [0.2, 0.25) is 0 Å². The standard InChI is InChI=1S/C23H29N5O/c1-17-14-28(15-18(2)29-17)16-21-7-4-3-6-19(21)10-25-12-22-13-26-27-23(22)20-8-5-9-24-11-20/h3-9,11,13,17-18,25H,10,12,14-16H2,1-2H3,(H,26,27)/t17-,18+. The van der Waals surface area contributed by atoms with E-state index in [0.29, 0.717) is 0 Å². The van der Waals surface area contributed by atoms with E-state index in [-0.39, 0.29) is 12.2 Å². The zero-order chi connectivity index (χ0) is 20.1. The molecule has 0 spiro atoms. The van der Waals surface area contributed by atoms with Crippen LogP contribution < -0.4 is 5.32 Å². The van der Waals surface area contributed by atoms with Gasteiger partial charge in [-0.2, -0.15) is 5.10 Å². The number of pyridine rings is 1. The van der Waals surface area contributed by atoms with E-state index in [4.69, 9.17) is 4.74 Å². The van der Waals surface area contributed by atoms with Crippen LogP contribution in [0.3, 0.4) is 0 Å². The second-order valence-electron chi connectivity index (χ2n) is 7.84. The first-order valence-electron chi connectivity index (χ1n) is 10.3. The van der Waals surface area contributed by atoms with Crippen molar-refractivity contribution in [1.82, 2.24) is 25.4 Å². The van der Waals surface area contributed by atoms with Crippen LogP contribution in [-0.2, 0) is 24.4 Å². The van der Waals surface area contributed by atoms with Gasteiger partial charge in [-0.05, 0) is 37.1 Å². The van der Waals surface area contributed by atoms with Crippen molar-refractivity contribution in [3.8, 4) is 11.3 Å². The molecule has 0 amide bonds. The van der Waals surface area contributed by atoms with Gasteiger partial charge in [-0.25, -0.2) is 0 Å². The van der Waals surface area contributed by atoms with E-state index in [1.54, 1.807) is 6.20 Å². The Balaban J connectivity index is 1.38. The maximum atomic E-state index is 5.87. The summed E-state index contributed by atoms with van der Waals surface area (Å²) in [5.41, 5.74) is 5.94. The fourth-order valence-corrected chi connectivity index (χ4v) is 4.08. The first kappa shape index (κ1) is 19.8. The fraction of sp³-hybridized carbons (Fsp3) is 0.391. The van der Waals surface area contributed by atoms with Crippen LogP contribution in [0.15, 0.2) is 55.0 Å². The van der Waals surface area contributed by atoms with Gasteiger partial charge >= 0.3 is 0 Å². The molecule has 1 aliphatic heterocycles. The Morgan fingerprint density at radius 3 is 2.52 bits per heavy atom. The normalized spacial score (nSPS) is 20.1. The van der Waals surface area contributed by atoms with Crippen LogP contribution in [0, 0.1) is 0 Å². The Labute approximate surface area is 172 Å². The molecular weight excluding hydrogens is 362 g/mol. The molecule has 29 heavy (non-hydrogen) atoms. The number of aromatic amines is 1. The highest BCUT2D eigenvalue weighted by Crippen LogP contribution is 2.20. The van der Waals surface area contributed by atoms with Crippen molar-refractivity contribution in [2.75, 3.05) is 13.1 Å². The minimum absolute atomic E-state index is 0.288.